The van der Waals surface area contributed by atoms with Gasteiger partial charge in [-0.1, -0.05) is 19.3 Å². The minimum atomic E-state index is -1.79. The van der Waals surface area contributed by atoms with Crippen molar-refractivity contribution in [1.29, 1.82) is 0 Å². The number of unbranched alkanes of at least 4 members (excludes halogenated alkanes) is 3. The Morgan fingerprint density at radius 2 is 1.54 bits per heavy atom. The first-order valence-electron chi connectivity index (χ1n) is 4.99. The van der Waals surface area contributed by atoms with Gasteiger partial charge in [-0.15, -0.1) is 0 Å². The molecular formula is C9H23NO2Si. The first kappa shape index (κ1) is 13.1. The summed E-state index contributed by atoms with van der Waals surface area (Å²) in [6, 6.07) is 1.09. The number of nitrogens with two attached hydrogens (primary N) is 1. The molecule has 0 fully saturated rings. The quantitative estimate of drug-likeness (QED) is 0.486. The van der Waals surface area contributed by atoms with Crippen molar-refractivity contribution in [2.75, 3.05) is 20.8 Å². The van der Waals surface area contributed by atoms with Crippen LogP contribution < -0.4 is 5.73 Å². The fourth-order valence-corrected chi connectivity index (χ4v) is 2.70. The summed E-state index contributed by atoms with van der Waals surface area (Å²) in [5.41, 5.74) is 5.41. The highest BCUT2D eigenvalue weighted by atomic mass is 28.4. The zero-order valence-corrected chi connectivity index (χ0v) is 10.1. The summed E-state index contributed by atoms with van der Waals surface area (Å²) >= 11 is 0. The standard InChI is InChI=1S/C9H23NO2Si/c1-11-13(3,12-2)9-7-5-4-6-8-10/h4-10H2,1-3H3. The molecule has 0 aromatic heterocycles. The first-order chi connectivity index (χ1) is 6.18. The van der Waals surface area contributed by atoms with Crippen molar-refractivity contribution in [3.63, 3.8) is 0 Å². The summed E-state index contributed by atoms with van der Waals surface area (Å²) < 4.78 is 10.8. The fourth-order valence-electron chi connectivity index (χ4n) is 1.23. The van der Waals surface area contributed by atoms with Gasteiger partial charge in [-0.2, -0.15) is 0 Å². The van der Waals surface area contributed by atoms with Crippen molar-refractivity contribution < 1.29 is 8.85 Å². The second-order valence-corrected chi connectivity index (χ2v) is 7.08. The van der Waals surface area contributed by atoms with Crippen LogP contribution in [0.1, 0.15) is 25.7 Å². The summed E-state index contributed by atoms with van der Waals surface area (Å²) in [5.74, 6) is 0. The van der Waals surface area contributed by atoms with E-state index < -0.39 is 8.56 Å². The molecule has 0 aromatic rings. The molecule has 0 aliphatic carbocycles. The van der Waals surface area contributed by atoms with E-state index in [0.717, 1.165) is 19.0 Å². The Morgan fingerprint density at radius 3 is 2.00 bits per heavy atom. The summed E-state index contributed by atoms with van der Waals surface area (Å²) in [6.45, 7) is 2.92. The van der Waals surface area contributed by atoms with E-state index in [9.17, 15) is 0 Å². The average Bonchev–Trinajstić information content (AvgIpc) is 2.17. The summed E-state index contributed by atoms with van der Waals surface area (Å²) in [6.07, 6.45) is 4.81. The lowest BCUT2D eigenvalue weighted by Crippen LogP contribution is -2.35. The Morgan fingerprint density at radius 1 is 1.00 bits per heavy atom. The van der Waals surface area contributed by atoms with E-state index in [1.165, 1.54) is 19.3 Å². The fraction of sp³-hybridized carbons (Fsp3) is 1.00. The third-order valence-corrected chi connectivity index (χ3v) is 5.44. The van der Waals surface area contributed by atoms with Crippen molar-refractivity contribution in [3.8, 4) is 0 Å². The molecule has 0 rings (SSSR count). The first-order valence-corrected chi connectivity index (χ1v) is 7.51. The molecule has 0 unspecified atom stereocenters. The van der Waals surface area contributed by atoms with Gasteiger partial charge < -0.3 is 14.6 Å². The van der Waals surface area contributed by atoms with Gasteiger partial charge in [-0.3, -0.25) is 0 Å². The van der Waals surface area contributed by atoms with Crippen LogP contribution in [-0.2, 0) is 8.85 Å². The maximum Gasteiger partial charge on any atom is 0.334 e. The molecule has 0 aliphatic rings. The van der Waals surface area contributed by atoms with Crippen LogP contribution in [0, 0.1) is 0 Å². The van der Waals surface area contributed by atoms with Crippen molar-refractivity contribution in [2.45, 2.75) is 38.3 Å². The van der Waals surface area contributed by atoms with Gasteiger partial charge >= 0.3 is 8.56 Å². The third-order valence-electron chi connectivity index (χ3n) is 2.45. The predicted octanol–water partition coefficient (Wildman–Crippen LogP) is 1.87. The van der Waals surface area contributed by atoms with Gasteiger partial charge in [0.15, 0.2) is 0 Å². The maximum absolute atomic E-state index is 5.41. The lowest BCUT2D eigenvalue weighted by Gasteiger charge is -2.22. The van der Waals surface area contributed by atoms with Gasteiger partial charge in [0, 0.05) is 14.2 Å². The molecule has 0 amide bonds. The molecule has 3 nitrogen and oxygen atoms in total. The Kier molecular flexibility index (Phi) is 7.55. The monoisotopic (exact) mass is 205 g/mol. The van der Waals surface area contributed by atoms with Crippen molar-refractivity contribution in [3.05, 3.63) is 0 Å². The second-order valence-electron chi connectivity index (χ2n) is 3.49. The van der Waals surface area contributed by atoms with Gasteiger partial charge in [0.25, 0.3) is 0 Å². The Balaban J connectivity index is 3.39. The van der Waals surface area contributed by atoms with Gasteiger partial charge in [0.05, 0.1) is 0 Å². The van der Waals surface area contributed by atoms with Crippen molar-refractivity contribution >= 4 is 8.56 Å². The van der Waals surface area contributed by atoms with E-state index in [1.807, 2.05) is 0 Å². The zero-order chi connectivity index (χ0) is 10.2. The van der Waals surface area contributed by atoms with Gasteiger partial charge in [0.2, 0.25) is 0 Å². The van der Waals surface area contributed by atoms with Crippen LogP contribution in [0.4, 0.5) is 0 Å². The molecule has 0 aromatic carbocycles. The highest BCUT2D eigenvalue weighted by molar-refractivity contribution is 6.65. The molecule has 0 saturated heterocycles. The molecule has 0 heterocycles. The number of hydrogen-bond donors (Lipinski definition) is 1. The highest BCUT2D eigenvalue weighted by Crippen LogP contribution is 2.16. The van der Waals surface area contributed by atoms with E-state index in [4.69, 9.17) is 14.6 Å². The molecule has 80 valence electrons. The largest absolute Gasteiger partial charge is 0.398 e. The van der Waals surface area contributed by atoms with Crippen LogP contribution >= 0.6 is 0 Å². The van der Waals surface area contributed by atoms with Crippen LogP contribution in [0.2, 0.25) is 12.6 Å². The topological polar surface area (TPSA) is 44.5 Å². The Bertz CT molecular complexity index is 118. The Labute approximate surface area is 82.9 Å². The minimum Gasteiger partial charge on any atom is -0.398 e. The smallest absolute Gasteiger partial charge is 0.334 e. The van der Waals surface area contributed by atoms with Gasteiger partial charge in [-0.25, -0.2) is 0 Å². The number of rotatable bonds is 8. The van der Waals surface area contributed by atoms with Crippen molar-refractivity contribution in [2.24, 2.45) is 5.73 Å². The average molecular weight is 205 g/mol. The van der Waals surface area contributed by atoms with Crippen LogP contribution in [0.3, 0.4) is 0 Å². The molecule has 0 atom stereocenters. The summed E-state index contributed by atoms with van der Waals surface area (Å²) in [5, 5.41) is 0. The normalized spacial score (nSPS) is 12.0. The Hall–Kier alpha value is 0.0969. The molecule has 4 heteroatoms. The third kappa shape index (κ3) is 6.21. The van der Waals surface area contributed by atoms with Crippen LogP contribution in [-0.4, -0.2) is 29.3 Å². The van der Waals surface area contributed by atoms with E-state index in [-0.39, 0.29) is 0 Å². The second kappa shape index (κ2) is 7.50. The van der Waals surface area contributed by atoms with Crippen LogP contribution in [0.5, 0.6) is 0 Å². The molecule has 13 heavy (non-hydrogen) atoms. The van der Waals surface area contributed by atoms with Gasteiger partial charge in [-0.05, 0) is 25.6 Å². The molecular weight excluding hydrogens is 182 g/mol. The lowest BCUT2D eigenvalue weighted by atomic mass is 10.2. The summed E-state index contributed by atoms with van der Waals surface area (Å²) in [7, 11) is 1.70. The summed E-state index contributed by atoms with van der Waals surface area (Å²) in [4.78, 5) is 0. The van der Waals surface area contributed by atoms with Crippen molar-refractivity contribution in [1.82, 2.24) is 0 Å². The maximum atomic E-state index is 5.41. The lowest BCUT2D eigenvalue weighted by molar-refractivity contribution is 0.248. The van der Waals surface area contributed by atoms with E-state index in [2.05, 4.69) is 6.55 Å². The molecule has 2 N–H and O–H groups in total. The zero-order valence-electron chi connectivity index (χ0n) is 9.14. The van der Waals surface area contributed by atoms with E-state index in [1.54, 1.807) is 14.2 Å². The highest BCUT2D eigenvalue weighted by Gasteiger charge is 2.27. The van der Waals surface area contributed by atoms with Crippen LogP contribution in [0.25, 0.3) is 0 Å². The van der Waals surface area contributed by atoms with Gasteiger partial charge in [0.1, 0.15) is 0 Å². The molecule has 0 aliphatic heterocycles. The molecule has 0 saturated carbocycles. The predicted molar refractivity (Wildman–Crippen MR) is 58.0 cm³/mol. The van der Waals surface area contributed by atoms with E-state index >= 15 is 0 Å². The van der Waals surface area contributed by atoms with Crippen LogP contribution in [0.15, 0.2) is 0 Å². The molecule has 0 radical (unpaired) electrons. The number of hydrogen-bond acceptors (Lipinski definition) is 3. The minimum absolute atomic E-state index is 0.809. The SMILES string of the molecule is CO[Si](C)(CCCCCCN)OC. The molecule has 0 bridgehead atoms. The molecule has 0 spiro atoms. The van der Waals surface area contributed by atoms with E-state index in [0.29, 0.717) is 0 Å².